The van der Waals surface area contributed by atoms with Gasteiger partial charge in [-0.15, -0.1) is 0 Å². The summed E-state index contributed by atoms with van der Waals surface area (Å²) in [6.07, 6.45) is 2.72. The highest BCUT2D eigenvalue weighted by Crippen LogP contribution is 2.26. The van der Waals surface area contributed by atoms with Gasteiger partial charge in [-0.3, -0.25) is 4.98 Å². The third-order valence-corrected chi connectivity index (χ3v) is 5.65. The number of aryl methyl sites for hydroxylation is 1. The van der Waals surface area contributed by atoms with Crippen LogP contribution in [-0.2, 0) is 6.54 Å². The zero-order valence-electron chi connectivity index (χ0n) is 19.0. The van der Waals surface area contributed by atoms with Crippen molar-refractivity contribution in [3.63, 3.8) is 0 Å². The van der Waals surface area contributed by atoms with E-state index < -0.39 is 6.43 Å². The number of aromatic nitrogens is 7. The number of fused-ring (bicyclic) bond motifs is 1. The molecule has 0 spiro atoms. The molecule has 7 nitrogen and oxygen atoms in total. The SMILES string of the molecule is Cc1cc(C(F)F)nn1-c1ccc(Cn2ncc3cnc(-c4cccnc4C(C)C)nc32)cc1. The summed E-state index contributed by atoms with van der Waals surface area (Å²) in [4.78, 5) is 13.9. The van der Waals surface area contributed by atoms with E-state index in [2.05, 4.69) is 34.0 Å². The predicted molar refractivity (Wildman–Crippen MR) is 125 cm³/mol. The second-order valence-electron chi connectivity index (χ2n) is 8.46. The average molecular weight is 460 g/mol. The van der Waals surface area contributed by atoms with Gasteiger partial charge in [-0.1, -0.05) is 26.0 Å². The van der Waals surface area contributed by atoms with Crippen LogP contribution in [0.1, 0.15) is 48.8 Å². The molecule has 0 bridgehead atoms. The van der Waals surface area contributed by atoms with Gasteiger partial charge in [0.05, 0.1) is 29.5 Å². The molecule has 5 rings (SSSR count). The Morgan fingerprint density at radius 3 is 2.50 bits per heavy atom. The fraction of sp³-hybridized carbons (Fsp3) is 0.240. The maximum Gasteiger partial charge on any atom is 0.282 e. The van der Waals surface area contributed by atoms with Crippen molar-refractivity contribution in [2.75, 3.05) is 0 Å². The third kappa shape index (κ3) is 4.05. The van der Waals surface area contributed by atoms with Crippen molar-refractivity contribution in [1.82, 2.24) is 34.5 Å². The van der Waals surface area contributed by atoms with Crippen molar-refractivity contribution < 1.29 is 8.78 Å². The zero-order valence-corrected chi connectivity index (χ0v) is 19.0. The van der Waals surface area contributed by atoms with Gasteiger partial charge in [-0.2, -0.15) is 10.2 Å². The van der Waals surface area contributed by atoms with Gasteiger partial charge in [0.15, 0.2) is 11.5 Å². The molecule has 0 amide bonds. The van der Waals surface area contributed by atoms with Crippen LogP contribution in [0.2, 0.25) is 0 Å². The number of rotatable bonds is 6. The van der Waals surface area contributed by atoms with E-state index in [1.165, 1.54) is 10.7 Å². The first-order chi connectivity index (χ1) is 16.4. The summed E-state index contributed by atoms with van der Waals surface area (Å²) in [6, 6.07) is 12.9. The Morgan fingerprint density at radius 1 is 1.00 bits per heavy atom. The smallest absolute Gasteiger partial charge is 0.260 e. The lowest BCUT2D eigenvalue weighted by molar-refractivity contribution is 0.145. The molecular formula is C25H23F2N7. The van der Waals surface area contributed by atoms with Crippen LogP contribution in [0, 0.1) is 6.92 Å². The largest absolute Gasteiger partial charge is 0.282 e. The molecular weight excluding hydrogens is 436 g/mol. The van der Waals surface area contributed by atoms with Gasteiger partial charge < -0.3 is 0 Å². The number of pyridine rings is 1. The predicted octanol–water partition coefficient (Wildman–Crippen LogP) is 5.49. The molecule has 0 aliphatic rings. The van der Waals surface area contributed by atoms with Crippen LogP contribution in [-0.4, -0.2) is 34.5 Å². The molecule has 0 atom stereocenters. The minimum Gasteiger partial charge on any atom is -0.260 e. The first-order valence-corrected chi connectivity index (χ1v) is 11.0. The van der Waals surface area contributed by atoms with Gasteiger partial charge in [-0.05, 0) is 48.7 Å². The lowest BCUT2D eigenvalue weighted by Gasteiger charge is -2.10. The van der Waals surface area contributed by atoms with Crippen LogP contribution in [0.4, 0.5) is 8.78 Å². The Bertz CT molecular complexity index is 1450. The molecule has 0 unspecified atom stereocenters. The molecule has 4 heterocycles. The summed E-state index contributed by atoms with van der Waals surface area (Å²) in [7, 11) is 0. The van der Waals surface area contributed by atoms with Crippen LogP contribution in [0.25, 0.3) is 28.1 Å². The van der Waals surface area contributed by atoms with E-state index >= 15 is 0 Å². The normalized spacial score (nSPS) is 11.7. The fourth-order valence-corrected chi connectivity index (χ4v) is 3.96. The molecule has 172 valence electrons. The highest BCUT2D eigenvalue weighted by atomic mass is 19.3. The van der Waals surface area contributed by atoms with E-state index in [0.29, 0.717) is 18.1 Å². The van der Waals surface area contributed by atoms with Crippen LogP contribution >= 0.6 is 0 Å². The maximum absolute atomic E-state index is 13.0. The number of nitrogens with zero attached hydrogens (tertiary/aromatic N) is 7. The van der Waals surface area contributed by atoms with Gasteiger partial charge >= 0.3 is 0 Å². The Kier molecular flexibility index (Phi) is 5.61. The van der Waals surface area contributed by atoms with Gasteiger partial charge in [0.1, 0.15) is 5.69 Å². The van der Waals surface area contributed by atoms with Crippen LogP contribution < -0.4 is 0 Å². The van der Waals surface area contributed by atoms with Crippen molar-refractivity contribution in [2.45, 2.75) is 39.7 Å². The molecule has 34 heavy (non-hydrogen) atoms. The van der Waals surface area contributed by atoms with E-state index in [-0.39, 0.29) is 11.6 Å². The van der Waals surface area contributed by atoms with Crippen molar-refractivity contribution in [3.05, 3.63) is 83.7 Å². The van der Waals surface area contributed by atoms with Crippen molar-refractivity contribution in [2.24, 2.45) is 0 Å². The molecule has 0 saturated carbocycles. The fourth-order valence-electron chi connectivity index (χ4n) is 3.96. The van der Waals surface area contributed by atoms with Gasteiger partial charge in [0.25, 0.3) is 6.43 Å². The summed E-state index contributed by atoms with van der Waals surface area (Å²) in [5.74, 6) is 0.861. The highest BCUT2D eigenvalue weighted by molar-refractivity contribution is 5.76. The van der Waals surface area contributed by atoms with E-state index in [1.807, 2.05) is 41.1 Å². The first-order valence-electron chi connectivity index (χ1n) is 11.0. The lowest BCUT2D eigenvalue weighted by Crippen LogP contribution is -2.05. The van der Waals surface area contributed by atoms with Gasteiger partial charge in [-0.25, -0.2) is 28.1 Å². The molecule has 1 aromatic carbocycles. The Labute approximate surface area is 195 Å². The maximum atomic E-state index is 13.0. The molecule has 4 aromatic heterocycles. The number of benzene rings is 1. The summed E-state index contributed by atoms with van der Waals surface area (Å²) < 4.78 is 29.3. The third-order valence-electron chi connectivity index (χ3n) is 5.65. The molecule has 0 radical (unpaired) electrons. The Morgan fingerprint density at radius 2 is 1.79 bits per heavy atom. The molecule has 0 N–H and O–H groups in total. The summed E-state index contributed by atoms with van der Waals surface area (Å²) in [5, 5.41) is 9.36. The summed E-state index contributed by atoms with van der Waals surface area (Å²) >= 11 is 0. The van der Waals surface area contributed by atoms with Crippen molar-refractivity contribution >= 4 is 11.0 Å². The highest BCUT2D eigenvalue weighted by Gasteiger charge is 2.16. The topological polar surface area (TPSA) is 74.3 Å². The average Bonchev–Trinajstić information content (AvgIpc) is 3.43. The molecule has 5 aromatic rings. The van der Waals surface area contributed by atoms with Crippen LogP contribution in [0.5, 0.6) is 0 Å². The lowest BCUT2D eigenvalue weighted by atomic mass is 10.0. The Balaban J connectivity index is 1.44. The molecule has 0 saturated heterocycles. The number of halogens is 2. The van der Waals surface area contributed by atoms with Crippen LogP contribution in [0.15, 0.2) is 61.1 Å². The molecule has 0 aliphatic heterocycles. The van der Waals surface area contributed by atoms with E-state index in [9.17, 15) is 8.78 Å². The van der Waals surface area contributed by atoms with E-state index in [1.54, 1.807) is 25.5 Å². The summed E-state index contributed by atoms with van der Waals surface area (Å²) in [6.45, 7) is 6.45. The number of hydrogen-bond acceptors (Lipinski definition) is 5. The molecule has 9 heteroatoms. The second kappa shape index (κ2) is 8.74. The Hall–Kier alpha value is -4.01. The van der Waals surface area contributed by atoms with Crippen molar-refractivity contribution in [3.8, 4) is 17.1 Å². The van der Waals surface area contributed by atoms with E-state index in [4.69, 9.17) is 4.98 Å². The summed E-state index contributed by atoms with van der Waals surface area (Å²) in [5.41, 5.74) is 4.74. The van der Waals surface area contributed by atoms with Gasteiger partial charge in [0.2, 0.25) is 0 Å². The minimum absolute atomic E-state index is 0.227. The minimum atomic E-state index is -2.59. The molecule has 0 fully saturated rings. The van der Waals surface area contributed by atoms with Crippen molar-refractivity contribution in [1.29, 1.82) is 0 Å². The first kappa shape index (κ1) is 21.8. The number of hydrogen-bond donors (Lipinski definition) is 0. The quantitative estimate of drug-likeness (QED) is 0.336. The second-order valence-corrected chi connectivity index (χ2v) is 8.46. The number of alkyl halides is 2. The van der Waals surface area contributed by atoms with E-state index in [0.717, 1.165) is 33.5 Å². The monoisotopic (exact) mass is 459 g/mol. The van der Waals surface area contributed by atoms with Gasteiger partial charge in [0, 0.05) is 23.7 Å². The zero-order chi connectivity index (χ0) is 23.8. The van der Waals surface area contributed by atoms with Crippen LogP contribution in [0.3, 0.4) is 0 Å². The standard InChI is InChI=1S/C25H23F2N7/c1-15(2)22-20(5-4-10-28-22)24-29-12-18-13-30-33(25(18)31-24)14-17-6-8-19(9-7-17)34-16(3)11-21(32-34)23(26)27/h4-13,15,23H,14H2,1-3H3. The molecule has 0 aliphatic carbocycles.